The van der Waals surface area contributed by atoms with Crippen LogP contribution < -0.4 is 10.6 Å². The van der Waals surface area contributed by atoms with Crippen molar-refractivity contribution < 1.29 is 0 Å². The molecule has 0 aliphatic carbocycles. The minimum absolute atomic E-state index is 0.429. The molecular weight excluding hydrogens is 320 g/mol. The molecule has 98 valence electrons. The van der Waals surface area contributed by atoms with E-state index in [4.69, 9.17) is 18.0 Å². The van der Waals surface area contributed by atoms with E-state index < -0.39 is 0 Å². The fourth-order valence-electron chi connectivity index (χ4n) is 1.96. The van der Waals surface area contributed by atoms with Crippen LogP contribution in [-0.2, 0) is 6.54 Å². The Morgan fingerprint density at radius 2 is 1.79 bits per heavy atom. The van der Waals surface area contributed by atoms with Gasteiger partial charge in [-0.2, -0.15) is 0 Å². The lowest BCUT2D eigenvalue weighted by atomic mass is 10.1. The largest absolute Gasteiger partial charge is 0.389 e. The summed E-state index contributed by atoms with van der Waals surface area (Å²) < 4.78 is 1.09. The SMILES string of the molecule is CN(Cc1ccc(Br)cc1)c1ccccc1C(N)=S. The van der Waals surface area contributed by atoms with Gasteiger partial charge in [-0.25, -0.2) is 0 Å². The normalized spacial score (nSPS) is 10.2. The molecule has 2 aromatic rings. The summed E-state index contributed by atoms with van der Waals surface area (Å²) in [5.74, 6) is 0. The second kappa shape index (κ2) is 6.17. The van der Waals surface area contributed by atoms with Gasteiger partial charge >= 0.3 is 0 Å². The summed E-state index contributed by atoms with van der Waals surface area (Å²) in [6.07, 6.45) is 0. The molecule has 4 heteroatoms. The molecule has 0 saturated heterocycles. The Labute approximate surface area is 127 Å². The van der Waals surface area contributed by atoms with Gasteiger partial charge in [0.1, 0.15) is 4.99 Å². The average Bonchev–Trinajstić information content (AvgIpc) is 2.41. The van der Waals surface area contributed by atoms with Crippen LogP contribution in [0.25, 0.3) is 0 Å². The molecule has 0 spiro atoms. The van der Waals surface area contributed by atoms with Crippen molar-refractivity contribution in [2.45, 2.75) is 6.54 Å². The molecule has 0 heterocycles. The van der Waals surface area contributed by atoms with Crippen LogP contribution in [0.15, 0.2) is 53.0 Å². The highest BCUT2D eigenvalue weighted by Crippen LogP contribution is 2.21. The Morgan fingerprint density at radius 3 is 2.42 bits per heavy atom. The molecule has 0 radical (unpaired) electrons. The lowest BCUT2D eigenvalue weighted by molar-refractivity contribution is 0.921. The van der Waals surface area contributed by atoms with E-state index in [0.717, 1.165) is 22.3 Å². The summed E-state index contributed by atoms with van der Waals surface area (Å²) in [6.45, 7) is 0.812. The maximum absolute atomic E-state index is 5.76. The van der Waals surface area contributed by atoms with Crippen LogP contribution in [0.4, 0.5) is 5.69 Å². The molecule has 0 saturated carbocycles. The number of hydrogen-bond donors (Lipinski definition) is 1. The molecule has 0 amide bonds. The first kappa shape index (κ1) is 14.0. The van der Waals surface area contributed by atoms with Gasteiger partial charge in [0.25, 0.3) is 0 Å². The zero-order chi connectivity index (χ0) is 13.8. The molecule has 0 aromatic heterocycles. The zero-order valence-corrected chi connectivity index (χ0v) is 13.0. The topological polar surface area (TPSA) is 29.3 Å². The average molecular weight is 335 g/mol. The van der Waals surface area contributed by atoms with Gasteiger partial charge in [-0.3, -0.25) is 0 Å². The van der Waals surface area contributed by atoms with Crippen molar-refractivity contribution in [1.29, 1.82) is 0 Å². The molecule has 19 heavy (non-hydrogen) atoms. The van der Waals surface area contributed by atoms with E-state index in [1.54, 1.807) is 0 Å². The quantitative estimate of drug-likeness (QED) is 0.864. The van der Waals surface area contributed by atoms with E-state index in [1.807, 2.05) is 43.4 Å². The second-order valence-corrected chi connectivity index (χ2v) is 5.72. The van der Waals surface area contributed by atoms with Gasteiger partial charge in [-0.15, -0.1) is 0 Å². The first-order valence-electron chi connectivity index (χ1n) is 5.92. The van der Waals surface area contributed by atoms with Crippen LogP contribution in [0.1, 0.15) is 11.1 Å². The molecule has 0 atom stereocenters. The number of rotatable bonds is 4. The zero-order valence-electron chi connectivity index (χ0n) is 10.6. The molecule has 2 nitrogen and oxygen atoms in total. The van der Waals surface area contributed by atoms with E-state index in [2.05, 4.69) is 33.0 Å². The number of hydrogen-bond acceptors (Lipinski definition) is 2. The lowest BCUT2D eigenvalue weighted by Gasteiger charge is -2.22. The third kappa shape index (κ3) is 3.55. The monoisotopic (exact) mass is 334 g/mol. The van der Waals surface area contributed by atoms with Crippen molar-refractivity contribution in [2.24, 2.45) is 5.73 Å². The summed E-state index contributed by atoms with van der Waals surface area (Å²) in [5.41, 5.74) is 8.97. The van der Waals surface area contributed by atoms with Gasteiger partial charge in [-0.05, 0) is 29.8 Å². The van der Waals surface area contributed by atoms with Crippen LogP contribution in [0, 0.1) is 0 Å². The first-order valence-corrected chi connectivity index (χ1v) is 7.12. The third-order valence-corrected chi connectivity index (χ3v) is 3.66. The van der Waals surface area contributed by atoms with Gasteiger partial charge in [0.2, 0.25) is 0 Å². The van der Waals surface area contributed by atoms with E-state index in [0.29, 0.717) is 4.99 Å². The van der Waals surface area contributed by atoms with Gasteiger partial charge in [0.15, 0.2) is 0 Å². The van der Waals surface area contributed by atoms with Gasteiger partial charge in [0.05, 0.1) is 0 Å². The summed E-state index contributed by atoms with van der Waals surface area (Å²) in [5, 5.41) is 0. The van der Waals surface area contributed by atoms with Crippen molar-refractivity contribution in [3.63, 3.8) is 0 Å². The van der Waals surface area contributed by atoms with Crippen LogP contribution in [0.5, 0.6) is 0 Å². The minimum Gasteiger partial charge on any atom is -0.389 e. The molecule has 0 aliphatic rings. The Morgan fingerprint density at radius 1 is 1.16 bits per heavy atom. The van der Waals surface area contributed by atoms with Crippen LogP contribution >= 0.6 is 28.1 Å². The standard InChI is InChI=1S/C15H15BrN2S/c1-18(10-11-6-8-12(16)9-7-11)14-5-3-2-4-13(14)15(17)19/h2-9H,10H2,1H3,(H2,17,19). The van der Waals surface area contributed by atoms with E-state index in [1.165, 1.54) is 5.56 Å². The number of nitrogens with two attached hydrogens (primary N) is 1. The third-order valence-electron chi connectivity index (χ3n) is 2.91. The Balaban J connectivity index is 2.22. The molecule has 0 bridgehead atoms. The number of thiocarbonyl (C=S) groups is 1. The number of halogens is 1. The van der Waals surface area contributed by atoms with Crippen LogP contribution in [0.3, 0.4) is 0 Å². The molecular formula is C15H15BrN2S. The van der Waals surface area contributed by atoms with Crippen molar-refractivity contribution in [1.82, 2.24) is 0 Å². The summed E-state index contributed by atoms with van der Waals surface area (Å²) in [6, 6.07) is 16.2. The summed E-state index contributed by atoms with van der Waals surface area (Å²) in [7, 11) is 2.04. The van der Waals surface area contributed by atoms with Crippen LogP contribution in [0.2, 0.25) is 0 Å². The predicted molar refractivity (Wildman–Crippen MR) is 88.6 cm³/mol. The Kier molecular flexibility index (Phi) is 4.56. The summed E-state index contributed by atoms with van der Waals surface area (Å²) >= 11 is 8.54. The molecule has 0 unspecified atom stereocenters. The van der Waals surface area contributed by atoms with Crippen molar-refractivity contribution >= 4 is 38.8 Å². The van der Waals surface area contributed by atoms with Gasteiger partial charge in [-0.1, -0.05) is 52.4 Å². The fraction of sp³-hybridized carbons (Fsp3) is 0.133. The highest BCUT2D eigenvalue weighted by atomic mass is 79.9. The smallest absolute Gasteiger partial charge is 0.106 e. The maximum Gasteiger partial charge on any atom is 0.106 e. The Bertz CT molecular complexity index is 581. The molecule has 0 aliphatic heterocycles. The van der Waals surface area contributed by atoms with Gasteiger partial charge < -0.3 is 10.6 Å². The van der Waals surface area contributed by atoms with E-state index in [-0.39, 0.29) is 0 Å². The first-order chi connectivity index (χ1) is 9.08. The molecule has 0 fully saturated rings. The predicted octanol–water partition coefficient (Wildman–Crippen LogP) is 3.72. The molecule has 2 rings (SSSR count). The number of nitrogens with zero attached hydrogens (tertiary/aromatic N) is 1. The number of para-hydroxylation sites is 1. The molecule has 2 aromatic carbocycles. The highest BCUT2D eigenvalue weighted by Gasteiger charge is 2.09. The maximum atomic E-state index is 5.76. The lowest BCUT2D eigenvalue weighted by Crippen LogP contribution is -2.21. The van der Waals surface area contributed by atoms with Gasteiger partial charge in [0, 0.05) is 29.3 Å². The summed E-state index contributed by atoms with van der Waals surface area (Å²) in [4.78, 5) is 2.58. The Hall–Kier alpha value is -1.39. The minimum atomic E-state index is 0.429. The van der Waals surface area contributed by atoms with Crippen LogP contribution in [-0.4, -0.2) is 12.0 Å². The van der Waals surface area contributed by atoms with Crippen molar-refractivity contribution in [3.8, 4) is 0 Å². The van der Waals surface area contributed by atoms with Crippen molar-refractivity contribution in [3.05, 3.63) is 64.1 Å². The molecule has 2 N–H and O–H groups in total. The number of benzene rings is 2. The fourth-order valence-corrected chi connectivity index (χ4v) is 2.40. The van der Waals surface area contributed by atoms with Crippen molar-refractivity contribution in [2.75, 3.05) is 11.9 Å². The number of anilines is 1. The highest BCUT2D eigenvalue weighted by molar-refractivity contribution is 9.10. The van der Waals surface area contributed by atoms with E-state index in [9.17, 15) is 0 Å². The van der Waals surface area contributed by atoms with E-state index >= 15 is 0 Å². The second-order valence-electron chi connectivity index (χ2n) is 4.36.